The van der Waals surface area contributed by atoms with E-state index in [9.17, 15) is 0 Å². The average molecular weight is 266 g/mol. The SMILES string of the molecule is CCC(c1ccccc1)C(CC)(CC)c1ccccc1. The van der Waals surface area contributed by atoms with Gasteiger partial charge >= 0.3 is 0 Å². The third kappa shape index (κ3) is 2.65. The Morgan fingerprint density at radius 1 is 0.750 bits per heavy atom. The van der Waals surface area contributed by atoms with Gasteiger partial charge in [0, 0.05) is 5.41 Å². The molecule has 0 aliphatic heterocycles. The molecule has 0 spiro atoms. The molecule has 1 atom stereocenters. The summed E-state index contributed by atoms with van der Waals surface area (Å²) in [5.74, 6) is 0.584. The highest BCUT2D eigenvalue weighted by molar-refractivity contribution is 5.33. The Hall–Kier alpha value is -1.56. The molecule has 0 nitrogen and oxygen atoms in total. The fourth-order valence-electron chi connectivity index (χ4n) is 3.75. The summed E-state index contributed by atoms with van der Waals surface area (Å²) in [5.41, 5.74) is 3.21. The van der Waals surface area contributed by atoms with Crippen LogP contribution in [0.4, 0.5) is 0 Å². The van der Waals surface area contributed by atoms with Crippen LogP contribution < -0.4 is 0 Å². The van der Waals surface area contributed by atoms with E-state index in [-0.39, 0.29) is 5.41 Å². The molecular weight excluding hydrogens is 240 g/mol. The van der Waals surface area contributed by atoms with Gasteiger partial charge in [-0.15, -0.1) is 0 Å². The number of rotatable bonds is 6. The molecule has 0 radical (unpaired) electrons. The van der Waals surface area contributed by atoms with Gasteiger partial charge in [0.05, 0.1) is 0 Å². The van der Waals surface area contributed by atoms with Crippen molar-refractivity contribution in [1.82, 2.24) is 0 Å². The van der Waals surface area contributed by atoms with Gasteiger partial charge in [0.2, 0.25) is 0 Å². The maximum atomic E-state index is 2.34. The van der Waals surface area contributed by atoms with Gasteiger partial charge in [0.15, 0.2) is 0 Å². The molecule has 0 saturated carbocycles. The zero-order chi connectivity index (χ0) is 14.4. The van der Waals surface area contributed by atoms with Gasteiger partial charge in [0.1, 0.15) is 0 Å². The predicted octanol–water partition coefficient (Wildman–Crippen LogP) is 5.94. The minimum atomic E-state index is 0.247. The molecule has 0 aliphatic rings. The molecule has 1 unspecified atom stereocenters. The fourth-order valence-corrected chi connectivity index (χ4v) is 3.75. The van der Waals surface area contributed by atoms with Crippen molar-refractivity contribution in [2.24, 2.45) is 0 Å². The van der Waals surface area contributed by atoms with Gasteiger partial charge in [-0.1, -0.05) is 81.4 Å². The summed E-state index contributed by atoms with van der Waals surface area (Å²) in [6, 6.07) is 22.1. The molecule has 0 aromatic heterocycles. The van der Waals surface area contributed by atoms with Crippen LogP contribution in [-0.2, 0) is 5.41 Å². The van der Waals surface area contributed by atoms with E-state index in [4.69, 9.17) is 0 Å². The smallest absolute Gasteiger partial charge is 0.00163 e. The summed E-state index contributed by atoms with van der Waals surface area (Å²) in [4.78, 5) is 0. The highest BCUT2D eigenvalue weighted by atomic mass is 14.4. The van der Waals surface area contributed by atoms with Crippen molar-refractivity contribution in [3.63, 3.8) is 0 Å². The topological polar surface area (TPSA) is 0 Å². The van der Waals surface area contributed by atoms with E-state index >= 15 is 0 Å². The average Bonchev–Trinajstić information content (AvgIpc) is 2.54. The minimum Gasteiger partial charge on any atom is -0.0648 e. The monoisotopic (exact) mass is 266 g/mol. The van der Waals surface area contributed by atoms with Crippen molar-refractivity contribution in [3.05, 3.63) is 71.8 Å². The van der Waals surface area contributed by atoms with Gasteiger partial charge in [0.25, 0.3) is 0 Å². The van der Waals surface area contributed by atoms with E-state index in [2.05, 4.69) is 81.4 Å². The molecule has 0 aliphatic carbocycles. The fraction of sp³-hybridized carbons (Fsp3) is 0.400. The lowest BCUT2D eigenvalue weighted by molar-refractivity contribution is 0.309. The Labute approximate surface area is 123 Å². The highest BCUT2D eigenvalue weighted by Gasteiger charge is 2.36. The maximum absolute atomic E-state index is 2.34. The van der Waals surface area contributed by atoms with Crippen molar-refractivity contribution < 1.29 is 0 Å². The Kier molecular flexibility index (Phi) is 5.00. The van der Waals surface area contributed by atoms with Crippen LogP contribution in [0.25, 0.3) is 0 Å². The molecule has 20 heavy (non-hydrogen) atoms. The van der Waals surface area contributed by atoms with Crippen molar-refractivity contribution in [2.45, 2.75) is 51.4 Å². The first-order valence-electron chi connectivity index (χ1n) is 7.89. The zero-order valence-corrected chi connectivity index (χ0v) is 13.0. The third-order valence-electron chi connectivity index (χ3n) is 4.89. The molecule has 0 heterocycles. The molecule has 2 aromatic rings. The molecule has 0 bridgehead atoms. The van der Waals surface area contributed by atoms with Crippen LogP contribution in [0.15, 0.2) is 60.7 Å². The van der Waals surface area contributed by atoms with Gasteiger partial charge in [-0.25, -0.2) is 0 Å². The summed E-state index contributed by atoms with van der Waals surface area (Å²) in [6.45, 7) is 6.99. The Bertz CT molecular complexity index is 494. The normalized spacial score (nSPS) is 13.2. The lowest BCUT2D eigenvalue weighted by Crippen LogP contribution is -2.32. The summed E-state index contributed by atoms with van der Waals surface area (Å²) in [5, 5.41) is 0. The van der Waals surface area contributed by atoms with Gasteiger partial charge in [-0.2, -0.15) is 0 Å². The van der Waals surface area contributed by atoms with E-state index < -0.39 is 0 Å². The first-order valence-corrected chi connectivity index (χ1v) is 7.89. The molecule has 2 rings (SSSR count). The van der Waals surface area contributed by atoms with E-state index in [1.807, 2.05) is 0 Å². The van der Waals surface area contributed by atoms with E-state index in [1.54, 1.807) is 0 Å². The number of benzene rings is 2. The summed E-state index contributed by atoms with van der Waals surface area (Å²) in [7, 11) is 0. The quantitative estimate of drug-likeness (QED) is 0.607. The Balaban J connectivity index is 2.51. The van der Waals surface area contributed by atoms with Crippen LogP contribution in [0.5, 0.6) is 0 Å². The summed E-state index contributed by atoms with van der Waals surface area (Å²) >= 11 is 0. The molecular formula is C20H26. The first kappa shape index (κ1) is 14.8. The second-order valence-electron chi connectivity index (χ2n) is 5.60. The van der Waals surface area contributed by atoms with E-state index in [1.165, 1.54) is 30.4 Å². The van der Waals surface area contributed by atoms with Crippen LogP contribution in [0, 0.1) is 0 Å². The van der Waals surface area contributed by atoms with E-state index in [0.29, 0.717) is 5.92 Å². The second kappa shape index (κ2) is 6.74. The summed E-state index contributed by atoms with van der Waals surface area (Å²) in [6.07, 6.45) is 3.54. The Morgan fingerprint density at radius 2 is 1.25 bits per heavy atom. The lowest BCUT2D eigenvalue weighted by Gasteiger charge is -2.40. The predicted molar refractivity (Wildman–Crippen MR) is 88.2 cm³/mol. The molecule has 0 amide bonds. The van der Waals surface area contributed by atoms with Crippen LogP contribution in [-0.4, -0.2) is 0 Å². The summed E-state index contributed by atoms with van der Waals surface area (Å²) < 4.78 is 0. The van der Waals surface area contributed by atoms with Crippen molar-refractivity contribution in [2.75, 3.05) is 0 Å². The molecule has 0 heteroatoms. The third-order valence-corrected chi connectivity index (χ3v) is 4.89. The van der Waals surface area contributed by atoms with Crippen LogP contribution in [0.3, 0.4) is 0 Å². The minimum absolute atomic E-state index is 0.247. The standard InChI is InChI=1S/C20H26/c1-4-19(17-13-9-7-10-14-17)20(5-2,6-3)18-15-11-8-12-16-18/h7-16,19H,4-6H2,1-3H3. The molecule has 106 valence electrons. The van der Waals surface area contributed by atoms with Gasteiger partial charge in [-0.3, -0.25) is 0 Å². The van der Waals surface area contributed by atoms with Crippen molar-refractivity contribution >= 4 is 0 Å². The maximum Gasteiger partial charge on any atom is 0.00163 e. The van der Waals surface area contributed by atoms with Crippen molar-refractivity contribution in [3.8, 4) is 0 Å². The van der Waals surface area contributed by atoms with Crippen LogP contribution in [0.2, 0.25) is 0 Å². The van der Waals surface area contributed by atoms with Gasteiger partial charge < -0.3 is 0 Å². The Morgan fingerprint density at radius 3 is 1.70 bits per heavy atom. The zero-order valence-electron chi connectivity index (χ0n) is 13.0. The molecule has 0 N–H and O–H groups in total. The largest absolute Gasteiger partial charge is 0.0648 e. The number of hydrogen-bond acceptors (Lipinski definition) is 0. The first-order chi connectivity index (χ1) is 9.78. The van der Waals surface area contributed by atoms with Gasteiger partial charge in [-0.05, 0) is 36.3 Å². The lowest BCUT2D eigenvalue weighted by atomic mass is 9.63. The molecule has 0 saturated heterocycles. The van der Waals surface area contributed by atoms with Crippen molar-refractivity contribution in [1.29, 1.82) is 0 Å². The molecule has 0 fully saturated rings. The van der Waals surface area contributed by atoms with Crippen LogP contribution in [0.1, 0.15) is 57.1 Å². The highest BCUT2D eigenvalue weighted by Crippen LogP contribution is 2.46. The molecule has 2 aromatic carbocycles. The second-order valence-corrected chi connectivity index (χ2v) is 5.60. The number of hydrogen-bond donors (Lipinski definition) is 0. The van der Waals surface area contributed by atoms with E-state index in [0.717, 1.165) is 0 Å². The van der Waals surface area contributed by atoms with Crippen LogP contribution >= 0.6 is 0 Å².